The van der Waals surface area contributed by atoms with Crippen molar-refractivity contribution in [1.29, 1.82) is 5.26 Å². The lowest BCUT2D eigenvalue weighted by Crippen LogP contribution is -2.48. The smallest absolute Gasteiger partial charge is 0.253 e. The molecule has 1 saturated heterocycles. The lowest BCUT2D eigenvalue weighted by atomic mass is 10.1. The minimum absolute atomic E-state index is 0.0306. The van der Waals surface area contributed by atoms with Crippen LogP contribution in [-0.2, 0) is 0 Å². The molecule has 0 N–H and O–H groups in total. The highest BCUT2D eigenvalue weighted by atomic mass is 16.4. The SMILES string of the molecule is Cc1ccc(C(=O)N2CCN(c3oc(-c4ccc(C)cc4)nc3C#N)CC2)cc1. The molecule has 1 aliphatic heterocycles. The fourth-order valence-electron chi connectivity index (χ4n) is 3.41. The van der Waals surface area contributed by atoms with E-state index < -0.39 is 0 Å². The number of aryl methyl sites for hydroxylation is 2. The van der Waals surface area contributed by atoms with Gasteiger partial charge in [-0.15, -0.1) is 0 Å². The van der Waals surface area contributed by atoms with Crippen molar-refractivity contribution in [2.75, 3.05) is 31.1 Å². The van der Waals surface area contributed by atoms with Crippen molar-refractivity contribution in [3.8, 4) is 17.5 Å². The predicted octanol–water partition coefficient (Wildman–Crippen LogP) is 3.79. The average Bonchev–Trinajstić information content (AvgIpc) is 3.19. The molecule has 1 aliphatic rings. The number of carbonyl (C=O) groups is 1. The van der Waals surface area contributed by atoms with E-state index in [4.69, 9.17) is 4.42 Å². The first-order valence-electron chi connectivity index (χ1n) is 9.64. The minimum Gasteiger partial charge on any atom is -0.419 e. The van der Waals surface area contributed by atoms with Gasteiger partial charge in [-0.25, -0.2) is 0 Å². The van der Waals surface area contributed by atoms with Crippen molar-refractivity contribution < 1.29 is 9.21 Å². The number of oxazole rings is 1. The van der Waals surface area contributed by atoms with Gasteiger partial charge in [0, 0.05) is 37.3 Å². The zero-order valence-electron chi connectivity index (χ0n) is 16.6. The first-order valence-corrected chi connectivity index (χ1v) is 9.64. The highest BCUT2D eigenvalue weighted by molar-refractivity contribution is 5.94. The van der Waals surface area contributed by atoms with Crippen LogP contribution in [0.3, 0.4) is 0 Å². The molecule has 0 aliphatic carbocycles. The van der Waals surface area contributed by atoms with E-state index in [-0.39, 0.29) is 11.6 Å². The second-order valence-electron chi connectivity index (χ2n) is 7.30. The van der Waals surface area contributed by atoms with E-state index in [1.165, 1.54) is 0 Å². The quantitative estimate of drug-likeness (QED) is 0.685. The molecule has 2 aromatic carbocycles. The van der Waals surface area contributed by atoms with Gasteiger partial charge in [0.25, 0.3) is 5.91 Å². The van der Waals surface area contributed by atoms with Gasteiger partial charge in [0.05, 0.1) is 0 Å². The Morgan fingerprint density at radius 2 is 1.55 bits per heavy atom. The number of carbonyl (C=O) groups excluding carboxylic acids is 1. The Bertz CT molecular complexity index is 1050. The highest BCUT2D eigenvalue weighted by Crippen LogP contribution is 2.29. The van der Waals surface area contributed by atoms with Gasteiger partial charge >= 0.3 is 0 Å². The molecule has 1 amide bonds. The molecule has 29 heavy (non-hydrogen) atoms. The fraction of sp³-hybridized carbons (Fsp3) is 0.261. The van der Waals surface area contributed by atoms with Gasteiger partial charge in [-0.3, -0.25) is 4.79 Å². The van der Waals surface area contributed by atoms with Crippen LogP contribution >= 0.6 is 0 Å². The third-order valence-electron chi connectivity index (χ3n) is 5.17. The number of benzene rings is 2. The molecule has 6 heteroatoms. The Kier molecular flexibility index (Phi) is 5.05. The van der Waals surface area contributed by atoms with E-state index in [2.05, 4.69) is 11.1 Å². The van der Waals surface area contributed by atoms with Crippen molar-refractivity contribution in [1.82, 2.24) is 9.88 Å². The summed E-state index contributed by atoms with van der Waals surface area (Å²) in [6.07, 6.45) is 0. The summed E-state index contributed by atoms with van der Waals surface area (Å²) in [5, 5.41) is 9.50. The van der Waals surface area contributed by atoms with E-state index >= 15 is 0 Å². The molecule has 146 valence electrons. The van der Waals surface area contributed by atoms with Gasteiger partial charge in [-0.05, 0) is 38.1 Å². The normalized spacial score (nSPS) is 14.0. The molecule has 1 fully saturated rings. The summed E-state index contributed by atoms with van der Waals surface area (Å²) in [6, 6.07) is 17.6. The minimum atomic E-state index is 0.0306. The van der Waals surface area contributed by atoms with Crippen LogP contribution < -0.4 is 4.90 Å². The Morgan fingerprint density at radius 1 is 0.966 bits per heavy atom. The topological polar surface area (TPSA) is 73.4 Å². The van der Waals surface area contributed by atoms with Crippen LogP contribution in [0.1, 0.15) is 27.2 Å². The van der Waals surface area contributed by atoms with E-state index in [1.807, 2.05) is 72.2 Å². The van der Waals surface area contributed by atoms with Crippen LogP contribution in [0.5, 0.6) is 0 Å². The number of nitrogens with zero attached hydrogens (tertiary/aromatic N) is 4. The molecule has 4 rings (SSSR count). The second-order valence-corrected chi connectivity index (χ2v) is 7.30. The van der Waals surface area contributed by atoms with Crippen molar-refractivity contribution in [3.05, 3.63) is 70.9 Å². The molecule has 0 bridgehead atoms. The van der Waals surface area contributed by atoms with E-state index in [0.717, 1.165) is 16.7 Å². The highest BCUT2D eigenvalue weighted by Gasteiger charge is 2.27. The Morgan fingerprint density at radius 3 is 2.14 bits per heavy atom. The van der Waals surface area contributed by atoms with Gasteiger partial charge in [0.15, 0.2) is 0 Å². The van der Waals surface area contributed by atoms with Gasteiger partial charge in [-0.1, -0.05) is 35.4 Å². The van der Waals surface area contributed by atoms with Crippen LogP contribution in [0, 0.1) is 25.2 Å². The molecule has 6 nitrogen and oxygen atoms in total. The number of piperazine rings is 1. The predicted molar refractivity (Wildman–Crippen MR) is 111 cm³/mol. The van der Waals surface area contributed by atoms with Gasteiger partial charge in [0.2, 0.25) is 17.5 Å². The largest absolute Gasteiger partial charge is 0.419 e. The third kappa shape index (κ3) is 3.85. The van der Waals surface area contributed by atoms with E-state index in [1.54, 1.807) is 0 Å². The van der Waals surface area contributed by atoms with Crippen molar-refractivity contribution >= 4 is 11.8 Å². The zero-order chi connectivity index (χ0) is 20.4. The molecular weight excluding hydrogens is 364 g/mol. The standard InChI is InChI=1S/C23H22N4O2/c1-16-3-7-18(8-4-16)21-25-20(15-24)23(29-21)27-13-11-26(12-14-27)22(28)19-9-5-17(2)6-10-19/h3-10H,11-14H2,1-2H3. The zero-order valence-corrected chi connectivity index (χ0v) is 16.6. The average molecular weight is 386 g/mol. The molecule has 0 unspecified atom stereocenters. The summed E-state index contributed by atoms with van der Waals surface area (Å²) < 4.78 is 5.95. The lowest BCUT2D eigenvalue weighted by Gasteiger charge is -2.34. The van der Waals surface area contributed by atoms with Crippen LogP contribution in [0.15, 0.2) is 52.9 Å². The first-order chi connectivity index (χ1) is 14.0. The van der Waals surface area contributed by atoms with Crippen LogP contribution in [0.25, 0.3) is 11.5 Å². The number of aromatic nitrogens is 1. The molecular formula is C23H22N4O2. The Hall–Kier alpha value is -3.59. The number of hydrogen-bond acceptors (Lipinski definition) is 5. The lowest BCUT2D eigenvalue weighted by molar-refractivity contribution is 0.0745. The van der Waals surface area contributed by atoms with Gasteiger partial charge in [0.1, 0.15) is 6.07 Å². The van der Waals surface area contributed by atoms with Crippen LogP contribution in [0.4, 0.5) is 5.88 Å². The Balaban J connectivity index is 1.48. The number of anilines is 1. The summed E-state index contributed by atoms with van der Waals surface area (Å²) in [4.78, 5) is 20.9. The summed E-state index contributed by atoms with van der Waals surface area (Å²) in [5.41, 5.74) is 4.09. The summed E-state index contributed by atoms with van der Waals surface area (Å²) in [6.45, 7) is 6.34. The van der Waals surface area contributed by atoms with Gasteiger partial charge < -0.3 is 14.2 Å². The molecule has 1 aromatic heterocycles. The van der Waals surface area contributed by atoms with E-state index in [9.17, 15) is 10.1 Å². The first kappa shape index (κ1) is 18.8. The molecule has 0 atom stereocenters. The summed E-state index contributed by atoms with van der Waals surface area (Å²) in [5.74, 6) is 0.947. The second kappa shape index (κ2) is 7.80. The fourth-order valence-corrected chi connectivity index (χ4v) is 3.41. The summed E-state index contributed by atoms with van der Waals surface area (Å²) in [7, 11) is 0. The van der Waals surface area contributed by atoms with Crippen molar-refractivity contribution in [2.24, 2.45) is 0 Å². The molecule has 0 radical (unpaired) electrons. The maximum absolute atomic E-state index is 12.7. The number of nitriles is 1. The van der Waals surface area contributed by atoms with Crippen molar-refractivity contribution in [3.63, 3.8) is 0 Å². The molecule has 0 saturated carbocycles. The van der Waals surface area contributed by atoms with Crippen molar-refractivity contribution in [2.45, 2.75) is 13.8 Å². The number of rotatable bonds is 3. The maximum atomic E-state index is 12.7. The monoisotopic (exact) mass is 386 g/mol. The van der Waals surface area contributed by atoms with Crippen LogP contribution in [0.2, 0.25) is 0 Å². The number of amides is 1. The van der Waals surface area contributed by atoms with Gasteiger partial charge in [-0.2, -0.15) is 10.2 Å². The third-order valence-corrected chi connectivity index (χ3v) is 5.17. The van der Waals surface area contributed by atoms with E-state index in [0.29, 0.717) is 43.5 Å². The number of hydrogen-bond donors (Lipinski definition) is 0. The summed E-state index contributed by atoms with van der Waals surface area (Å²) >= 11 is 0. The van der Waals surface area contributed by atoms with Crippen LogP contribution in [-0.4, -0.2) is 42.0 Å². The maximum Gasteiger partial charge on any atom is 0.253 e. The molecule has 0 spiro atoms. The molecule has 2 heterocycles. The molecule has 3 aromatic rings. The Labute approximate surface area is 170 Å².